The van der Waals surface area contributed by atoms with Crippen LogP contribution in [0.25, 0.3) is 0 Å². The first-order chi connectivity index (χ1) is 11.2. The summed E-state index contributed by atoms with van der Waals surface area (Å²) < 4.78 is 5.15. The third kappa shape index (κ3) is 5.69. The van der Waals surface area contributed by atoms with Crippen molar-refractivity contribution in [2.24, 2.45) is 0 Å². The minimum atomic E-state index is -0.115. The smallest absolute Gasteiger partial charge is 0.224 e. The zero-order chi connectivity index (χ0) is 16.5. The summed E-state index contributed by atoms with van der Waals surface area (Å²) in [4.78, 5) is 13.4. The first kappa shape index (κ1) is 17.5. The minimum absolute atomic E-state index is 0.00943. The quantitative estimate of drug-likeness (QED) is 0.682. The number of aryl methyl sites for hydroxylation is 1. The van der Waals surface area contributed by atoms with Crippen molar-refractivity contribution in [1.29, 1.82) is 0 Å². The van der Waals surface area contributed by atoms with Crippen molar-refractivity contribution in [2.75, 3.05) is 12.4 Å². The summed E-state index contributed by atoms with van der Waals surface area (Å²) in [5.74, 6) is 0.634. The van der Waals surface area contributed by atoms with Gasteiger partial charge in [-0.05, 0) is 48.9 Å². The van der Waals surface area contributed by atoms with Crippen LogP contribution in [0.3, 0.4) is 0 Å². The van der Waals surface area contributed by atoms with Gasteiger partial charge in [-0.1, -0.05) is 12.5 Å². The number of anilines is 1. The second-order valence-electron chi connectivity index (χ2n) is 5.37. The molecule has 0 aliphatic rings. The molecule has 4 nitrogen and oxygen atoms in total. The monoisotopic (exact) mass is 333 g/mol. The van der Waals surface area contributed by atoms with E-state index in [4.69, 9.17) is 4.74 Å². The highest BCUT2D eigenvalue weighted by Gasteiger charge is 2.06. The van der Waals surface area contributed by atoms with Crippen LogP contribution in [0.15, 0.2) is 35.7 Å². The molecule has 0 fully saturated rings. The third-order valence-electron chi connectivity index (χ3n) is 3.64. The lowest BCUT2D eigenvalue weighted by Crippen LogP contribution is -2.11. The van der Waals surface area contributed by atoms with E-state index in [1.165, 1.54) is 4.88 Å². The molecule has 23 heavy (non-hydrogen) atoms. The Labute approximate surface area is 141 Å². The fourth-order valence-electron chi connectivity index (χ4n) is 2.42. The molecule has 124 valence electrons. The maximum absolute atomic E-state index is 12.0. The molecule has 0 bridgehead atoms. The van der Waals surface area contributed by atoms with Crippen LogP contribution < -0.4 is 10.1 Å². The standard InChI is InChI=1S/C18H23NO3S/c1-22-17-10-9-15(12-14(17)13-20)19-18(21)8-4-2-3-6-16-7-5-11-23-16/h5,7,9-12,20H,2-4,6,8,13H2,1H3,(H,19,21). The molecule has 1 aromatic carbocycles. The van der Waals surface area contributed by atoms with Gasteiger partial charge in [-0.3, -0.25) is 4.79 Å². The number of unbranched alkanes of at least 4 members (excludes halogenated alkanes) is 2. The van der Waals surface area contributed by atoms with Crippen LogP contribution in [0.4, 0.5) is 5.69 Å². The summed E-state index contributed by atoms with van der Waals surface area (Å²) in [5, 5.41) is 14.3. The second kappa shape index (κ2) is 9.33. The Balaban J connectivity index is 1.70. The predicted octanol–water partition coefficient (Wildman–Crippen LogP) is 3.99. The van der Waals surface area contributed by atoms with Gasteiger partial charge in [0.2, 0.25) is 5.91 Å². The first-order valence-corrected chi connectivity index (χ1v) is 8.71. The molecule has 0 spiro atoms. The van der Waals surface area contributed by atoms with Crippen molar-refractivity contribution in [3.8, 4) is 5.75 Å². The molecule has 0 aliphatic heterocycles. The lowest BCUT2D eigenvalue weighted by Gasteiger charge is -2.10. The molecule has 0 unspecified atom stereocenters. The first-order valence-electron chi connectivity index (χ1n) is 7.83. The van der Waals surface area contributed by atoms with Gasteiger partial charge >= 0.3 is 0 Å². The number of benzene rings is 1. The van der Waals surface area contributed by atoms with E-state index in [9.17, 15) is 9.90 Å². The summed E-state index contributed by atoms with van der Waals surface area (Å²) in [7, 11) is 1.56. The Bertz CT molecular complexity index is 611. The molecule has 0 aliphatic carbocycles. The summed E-state index contributed by atoms with van der Waals surface area (Å²) in [6, 6.07) is 9.51. The average Bonchev–Trinajstić information content (AvgIpc) is 3.07. The van der Waals surface area contributed by atoms with Crippen LogP contribution in [-0.4, -0.2) is 18.1 Å². The fourth-order valence-corrected chi connectivity index (χ4v) is 3.17. The van der Waals surface area contributed by atoms with Crippen molar-refractivity contribution in [3.63, 3.8) is 0 Å². The van der Waals surface area contributed by atoms with Crippen LogP contribution in [0.1, 0.15) is 36.1 Å². The van der Waals surface area contributed by atoms with E-state index >= 15 is 0 Å². The van der Waals surface area contributed by atoms with Crippen LogP contribution in [0.2, 0.25) is 0 Å². The highest BCUT2D eigenvalue weighted by Crippen LogP contribution is 2.22. The van der Waals surface area contributed by atoms with E-state index in [-0.39, 0.29) is 12.5 Å². The Morgan fingerprint density at radius 3 is 2.83 bits per heavy atom. The van der Waals surface area contributed by atoms with E-state index < -0.39 is 0 Å². The summed E-state index contributed by atoms with van der Waals surface area (Å²) in [5.41, 5.74) is 1.36. The number of aliphatic hydroxyl groups is 1. The van der Waals surface area contributed by atoms with E-state index in [2.05, 4.69) is 22.8 Å². The number of hydrogen-bond donors (Lipinski definition) is 2. The SMILES string of the molecule is COc1ccc(NC(=O)CCCCCc2cccs2)cc1CO. The van der Waals surface area contributed by atoms with Crippen molar-refractivity contribution >= 4 is 22.9 Å². The minimum Gasteiger partial charge on any atom is -0.496 e. The molecule has 0 atom stereocenters. The highest BCUT2D eigenvalue weighted by molar-refractivity contribution is 7.09. The Morgan fingerprint density at radius 1 is 1.26 bits per heavy atom. The van der Waals surface area contributed by atoms with Crippen molar-refractivity contribution in [1.82, 2.24) is 0 Å². The molecule has 0 radical (unpaired) electrons. The molecular weight excluding hydrogens is 310 g/mol. The van der Waals surface area contributed by atoms with E-state index in [1.54, 1.807) is 36.6 Å². The molecule has 1 heterocycles. The van der Waals surface area contributed by atoms with Crippen molar-refractivity contribution in [3.05, 3.63) is 46.2 Å². The number of carbonyl (C=O) groups excluding carboxylic acids is 1. The molecular formula is C18H23NO3S. The molecule has 2 rings (SSSR count). The molecule has 2 N–H and O–H groups in total. The maximum Gasteiger partial charge on any atom is 0.224 e. The number of aliphatic hydroxyl groups excluding tert-OH is 1. The number of nitrogens with one attached hydrogen (secondary N) is 1. The number of hydrogen-bond acceptors (Lipinski definition) is 4. The Kier molecular flexibility index (Phi) is 7.10. The van der Waals surface area contributed by atoms with Crippen LogP contribution in [-0.2, 0) is 17.8 Å². The Morgan fingerprint density at radius 2 is 2.13 bits per heavy atom. The van der Waals surface area contributed by atoms with E-state index in [0.717, 1.165) is 25.7 Å². The van der Waals surface area contributed by atoms with Gasteiger partial charge < -0.3 is 15.2 Å². The lowest BCUT2D eigenvalue weighted by molar-refractivity contribution is -0.116. The zero-order valence-corrected chi connectivity index (χ0v) is 14.2. The number of methoxy groups -OCH3 is 1. The largest absolute Gasteiger partial charge is 0.496 e. The van der Waals surface area contributed by atoms with Gasteiger partial charge in [0.1, 0.15) is 5.75 Å². The van der Waals surface area contributed by atoms with Gasteiger partial charge in [0.05, 0.1) is 13.7 Å². The maximum atomic E-state index is 12.0. The summed E-state index contributed by atoms with van der Waals surface area (Å²) in [6.45, 7) is -0.115. The third-order valence-corrected chi connectivity index (χ3v) is 4.58. The van der Waals surface area contributed by atoms with Gasteiger partial charge in [0.25, 0.3) is 0 Å². The molecule has 1 aromatic heterocycles. The number of rotatable bonds is 9. The zero-order valence-electron chi connectivity index (χ0n) is 13.4. The number of carbonyl (C=O) groups is 1. The van der Waals surface area contributed by atoms with Gasteiger partial charge in [-0.2, -0.15) is 0 Å². The summed E-state index contributed by atoms with van der Waals surface area (Å²) >= 11 is 1.79. The topological polar surface area (TPSA) is 58.6 Å². The predicted molar refractivity (Wildman–Crippen MR) is 94.0 cm³/mol. The van der Waals surface area contributed by atoms with E-state index in [1.807, 2.05) is 0 Å². The molecule has 0 saturated carbocycles. The number of amides is 1. The lowest BCUT2D eigenvalue weighted by atomic mass is 10.1. The second-order valence-corrected chi connectivity index (χ2v) is 6.41. The van der Waals surface area contributed by atoms with Crippen LogP contribution in [0.5, 0.6) is 5.75 Å². The Hall–Kier alpha value is -1.85. The highest BCUT2D eigenvalue weighted by atomic mass is 32.1. The normalized spacial score (nSPS) is 10.5. The molecule has 2 aromatic rings. The van der Waals surface area contributed by atoms with Crippen molar-refractivity contribution in [2.45, 2.75) is 38.7 Å². The van der Waals surface area contributed by atoms with Gasteiger partial charge in [0, 0.05) is 22.5 Å². The van der Waals surface area contributed by atoms with Crippen LogP contribution in [0, 0.1) is 0 Å². The van der Waals surface area contributed by atoms with Gasteiger partial charge in [-0.25, -0.2) is 0 Å². The van der Waals surface area contributed by atoms with Gasteiger partial charge in [0.15, 0.2) is 0 Å². The van der Waals surface area contributed by atoms with E-state index in [0.29, 0.717) is 23.4 Å². The number of ether oxygens (including phenoxy) is 1. The number of thiophene rings is 1. The molecule has 1 amide bonds. The summed E-state index contributed by atoms with van der Waals surface area (Å²) in [6.07, 6.45) is 4.67. The molecule has 0 saturated heterocycles. The van der Waals surface area contributed by atoms with Crippen LogP contribution >= 0.6 is 11.3 Å². The van der Waals surface area contributed by atoms with Gasteiger partial charge in [-0.15, -0.1) is 11.3 Å². The fraction of sp³-hybridized carbons (Fsp3) is 0.389. The average molecular weight is 333 g/mol. The van der Waals surface area contributed by atoms with Crippen molar-refractivity contribution < 1.29 is 14.6 Å². The molecule has 5 heteroatoms.